The van der Waals surface area contributed by atoms with Gasteiger partial charge in [-0.2, -0.15) is 0 Å². The monoisotopic (exact) mass is 584 g/mol. The molecule has 7 heteroatoms. The lowest BCUT2D eigenvalue weighted by Crippen LogP contribution is -2.38. The first-order valence-electron chi connectivity index (χ1n) is 13.8. The molecule has 2 aliphatic rings. The minimum atomic E-state index is -2.26. The van der Waals surface area contributed by atoms with E-state index in [0.717, 1.165) is 75.5 Å². The largest absolute Gasteiger partial charge is 0.378 e. The Morgan fingerprint density at radius 3 is 2.05 bits per heavy atom. The van der Waals surface area contributed by atoms with Crippen molar-refractivity contribution in [3.63, 3.8) is 0 Å². The van der Waals surface area contributed by atoms with Gasteiger partial charge in [-0.3, -0.25) is 9.34 Å². The van der Waals surface area contributed by atoms with Crippen LogP contribution < -0.4 is 0 Å². The van der Waals surface area contributed by atoms with E-state index in [1.54, 1.807) is 0 Å². The molecule has 0 bridgehead atoms. The highest BCUT2D eigenvalue weighted by atomic mass is 79.9. The van der Waals surface area contributed by atoms with Crippen molar-refractivity contribution in [2.75, 3.05) is 52.5 Å². The van der Waals surface area contributed by atoms with Crippen molar-refractivity contribution in [1.29, 1.82) is 0 Å². The van der Waals surface area contributed by atoms with Gasteiger partial charge in [0.25, 0.3) is 0 Å². The van der Waals surface area contributed by atoms with Crippen LogP contribution in [0.5, 0.6) is 0 Å². The summed E-state index contributed by atoms with van der Waals surface area (Å²) in [6.07, 6.45) is 4.50. The van der Waals surface area contributed by atoms with Gasteiger partial charge in [0.05, 0.1) is 18.9 Å². The third kappa shape index (κ3) is 5.99. The van der Waals surface area contributed by atoms with E-state index in [2.05, 4.69) is 119 Å². The summed E-state index contributed by atoms with van der Waals surface area (Å²) in [4.78, 5) is 2.60. The van der Waals surface area contributed by atoms with Crippen molar-refractivity contribution in [3.05, 3.63) is 81.2 Å². The Morgan fingerprint density at radius 2 is 1.46 bits per heavy atom. The van der Waals surface area contributed by atoms with Gasteiger partial charge in [0.15, 0.2) is 0 Å². The number of benzene rings is 2. The highest BCUT2D eigenvalue weighted by Gasteiger charge is 2.42. The number of ether oxygens (including phenoxy) is 1. The van der Waals surface area contributed by atoms with Gasteiger partial charge in [0, 0.05) is 54.8 Å². The molecule has 5 nitrogen and oxygen atoms in total. The Hall–Kier alpha value is -1.69. The molecule has 37 heavy (non-hydrogen) atoms. The summed E-state index contributed by atoms with van der Waals surface area (Å²) in [6.45, 7) is 16.4. The fourth-order valence-corrected chi connectivity index (χ4v) is 10.6. The number of allylic oxidation sites excluding steroid dienone is 2. The molecular weight excluding hydrogens is 543 g/mol. The average Bonchev–Trinajstić information content (AvgIpc) is 3.35. The average molecular weight is 586 g/mol. The second-order valence-corrected chi connectivity index (χ2v) is 13.2. The first-order valence-corrected chi connectivity index (χ1v) is 16.2. The predicted octanol–water partition coefficient (Wildman–Crippen LogP) is 8.22. The van der Waals surface area contributed by atoms with Crippen LogP contribution in [0.15, 0.2) is 80.4 Å². The van der Waals surface area contributed by atoms with Crippen LogP contribution in [0, 0.1) is 0 Å². The summed E-state index contributed by atoms with van der Waals surface area (Å²) in [7, 11) is -2.26. The van der Waals surface area contributed by atoms with Gasteiger partial charge in [-0.25, -0.2) is 4.74 Å². The lowest BCUT2D eigenvalue weighted by atomic mass is 10.1. The fourth-order valence-electron chi connectivity index (χ4n) is 5.66. The number of nitrogens with zero attached hydrogens (tertiary/aromatic N) is 4. The molecule has 0 atom stereocenters. The number of halogens is 1. The second-order valence-electron chi connectivity index (χ2n) is 9.37. The van der Waals surface area contributed by atoms with Gasteiger partial charge in [0.1, 0.15) is 7.36 Å². The molecule has 2 aromatic carbocycles. The normalized spacial score (nSPS) is 17.9. The molecule has 200 valence electrons. The lowest BCUT2D eigenvalue weighted by Gasteiger charge is -2.45. The van der Waals surface area contributed by atoms with E-state index >= 15 is 0 Å². The molecule has 1 saturated heterocycles. The molecule has 0 radical (unpaired) electrons. The molecule has 0 unspecified atom stereocenters. The number of hydrogen-bond acceptors (Lipinski definition) is 3. The summed E-state index contributed by atoms with van der Waals surface area (Å²) in [5.41, 5.74) is 5.18. The van der Waals surface area contributed by atoms with Crippen molar-refractivity contribution >= 4 is 35.0 Å². The van der Waals surface area contributed by atoms with E-state index in [4.69, 9.17) is 9.48 Å². The van der Waals surface area contributed by atoms with Gasteiger partial charge < -0.3 is 9.64 Å². The summed E-state index contributed by atoms with van der Waals surface area (Å²) >= 11 is 3.82. The van der Waals surface area contributed by atoms with Crippen LogP contribution in [0.1, 0.15) is 46.1 Å². The summed E-state index contributed by atoms with van der Waals surface area (Å²) in [6, 6.07) is 19.2. The second kappa shape index (κ2) is 13.4. The zero-order valence-electron chi connectivity index (χ0n) is 22.9. The van der Waals surface area contributed by atoms with Crippen molar-refractivity contribution in [1.82, 2.24) is 14.2 Å². The molecule has 1 aliphatic heterocycles. The van der Waals surface area contributed by atoms with E-state index in [0.29, 0.717) is 0 Å². The standard InChI is InChI=1S/C30H42BrN4OP/c1-5-34(6-2)37(35(7-3)8-4,32-28-17-13-12-16-27(28)31)29-19-18-26(24-25-14-10-9-11-15-25)30(29)33-20-22-36-23-21-33/h9-17,24H,5-8,18-23H2,1-4H3/b26-24+. The van der Waals surface area contributed by atoms with Crippen LogP contribution >= 0.6 is 23.3 Å². The number of morpholine rings is 1. The highest BCUT2D eigenvalue weighted by molar-refractivity contribution is 9.10. The molecule has 1 fully saturated rings. The molecule has 0 spiro atoms. The van der Waals surface area contributed by atoms with Gasteiger partial charge >= 0.3 is 0 Å². The smallest absolute Gasteiger partial charge is 0.130 e. The number of hydrogen-bond donors (Lipinski definition) is 0. The maximum atomic E-state index is 5.82. The van der Waals surface area contributed by atoms with Crippen molar-refractivity contribution in [2.24, 2.45) is 4.74 Å². The van der Waals surface area contributed by atoms with Crippen LogP contribution in [0.25, 0.3) is 6.08 Å². The van der Waals surface area contributed by atoms with E-state index in [-0.39, 0.29) is 0 Å². The SMILES string of the molecule is CCN(CC)P(=Nc1ccccc1Br)(C1=C(N2CCOCC2)/C(=C/c2ccccc2)CC1)N(CC)CC. The Balaban J connectivity index is 2.06. The predicted molar refractivity (Wildman–Crippen MR) is 162 cm³/mol. The minimum Gasteiger partial charge on any atom is -0.378 e. The zero-order chi connectivity index (χ0) is 26.3. The molecule has 2 aromatic rings. The fraction of sp³-hybridized carbons (Fsp3) is 0.467. The van der Waals surface area contributed by atoms with Crippen molar-refractivity contribution < 1.29 is 4.74 Å². The maximum absolute atomic E-state index is 5.82. The molecule has 0 N–H and O–H groups in total. The third-order valence-electron chi connectivity index (χ3n) is 7.39. The van der Waals surface area contributed by atoms with Gasteiger partial charge in [-0.15, -0.1) is 0 Å². The minimum absolute atomic E-state index is 0.777. The molecule has 1 aliphatic carbocycles. The maximum Gasteiger partial charge on any atom is 0.130 e. The van der Waals surface area contributed by atoms with Crippen LogP contribution in [-0.2, 0) is 4.74 Å². The number of rotatable bonds is 10. The Bertz CT molecular complexity index is 1130. The van der Waals surface area contributed by atoms with Crippen molar-refractivity contribution in [2.45, 2.75) is 40.5 Å². The van der Waals surface area contributed by atoms with E-state index in [1.165, 1.54) is 22.1 Å². The lowest BCUT2D eigenvalue weighted by molar-refractivity contribution is 0.0548. The zero-order valence-corrected chi connectivity index (χ0v) is 25.3. The van der Waals surface area contributed by atoms with E-state index in [9.17, 15) is 0 Å². The summed E-state index contributed by atoms with van der Waals surface area (Å²) < 4.78 is 18.0. The van der Waals surface area contributed by atoms with Crippen LogP contribution in [-0.4, -0.2) is 66.7 Å². The van der Waals surface area contributed by atoms with Crippen LogP contribution in [0.4, 0.5) is 5.69 Å². The van der Waals surface area contributed by atoms with Crippen LogP contribution in [0.3, 0.4) is 0 Å². The van der Waals surface area contributed by atoms with E-state index < -0.39 is 7.36 Å². The van der Waals surface area contributed by atoms with Crippen LogP contribution in [0.2, 0.25) is 0 Å². The summed E-state index contributed by atoms with van der Waals surface area (Å²) in [5, 5.41) is 1.53. The van der Waals surface area contributed by atoms with Gasteiger partial charge in [-0.1, -0.05) is 70.2 Å². The topological polar surface area (TPSA) is 31.3 Å². The molecule has 0 amide bonds. The quantitative estimate of drug-likeness (QED) is 0.263. The Morgan fingerprint density at radius 1 is 0.865 bits per heavy atom. The molecular formula is C30H42BrN4OP. The molecule has 1 heterocycles. The highest BCUT2D eigenvalue weighted by Crippen LogP contribution is 2.69. The Kier molecular flexibility index (Phi) is 10.3. The molecule has 0 saturated carbocycles. The van der Waals surface area contributed by atoms with Crippen molar-refractivity contribution in [3.8, 4) is 0 Å². The Labute approximate surface area is 232 Å². The molecule has 4 rings (SSSR count). The van der Waals surface area contributed by atoms with Gasteiger partial charge in [0.2, 0.25) is 0 Å². The van der Waals surface area contributed by atoms with Gasteiger partial charge in [-0.05, 0) is 58.1 Å². The van der Waals surface area contributed by atoms with E-state index in [1.807, 2.05) is 0 Å². The first-order chi connectivity index (χ1) is 18.1. The third-order valence-corrected chi connectivity index (χ3v) is 12.4. The summed E-state index contributed by atoms with van der Waals surface area (Å²) in [5.74, 6) is 0. The first kappa shape index (κ1) is 28.3. The molecule has 0 aromatic heterocycles.